The van der Waals surface area contributed by atoms with Gasteiger partial charge < -0.3 is 10.1 Å². The Kier molecular flexibility index (Phi) is 5.83. The summed E-state index contributed by atoms with van der Waals surface area (Å²) in [7, 11) is 0. The molecule has 0 unspecified atom stereocenters. The van der Waals surface area contributed by atoms with E-state index in [1.807, 2.05) is 11.8 Å². The highest BCUT2D eigenvalue weighted by Crippen LogP contribution is 2.27. The first-order valence-electron chi connectivity index (χ1n) is 7.21. The van der Waals surface area contributed by atoms with Gasteiger partial charge in [-0.3, -0.25) is 4.79 Å². The molecule has 2 atom stereocenters. The third-order valence-corrected chi connectivity index (χ3v) is 5.17. The van der Waals surface area contributed by atoms with Crippen molar-refractivity contribution in [1.82, 2.24) is 5.32 Å². The van der Waals surface area contributed by atoms with E-state index in [4.69, 9.17) is 4.74 Å². The predicted octanol–water partition coefficient (Wildman–Crippen LogP) is 2.74. The monoisotopic (exact) mass is 271 g/mol. The molecule has 2 aliphatic rings. The largest absolute Gasteiger partial charge is 0.368 e. The van der Waals surface area contributed by atoms with Crippen LogP contribution >= 0.6 is 11.8 Å². The van der Waals surface area contributed by atoms with E-state index in [1.54, 1.807) is 0 Å². The van der Waals surface area contributed by atoms with Gasteiger partial charge in [-0.2, -0.15) is 11.8 Å². The van der Waals surface area contributed by atoms with Crippen LogP contribution in [0.2, 0.25) is 0 Å². The van der Waals surface area contributed by atoms with E-state index >= 15 is 0 Å². The maximum atomic E-state index is 11.8. The molecule has 0 spiro atoms. The number of carbonyl (C=O) groups is 1. The molecule has 18 heavy (non-hydrogen) atoms. The lowest BCUT2D eigenvalue weighted by Gasteiger charge is -2.28. The summed E-state index contributed by atoms with van der Waals surface area (Å²) in [5.41, 5.74) is 0. The highest BCUT2D eigenvalue weighted by molar-refractivity contribution is 7.99. The Morgan fingerprint density at radius 1 is 1.22 bits per heavy atom. The third kappa shape index (κ3) is 4.47. The molecule has 2 fully saturated rings. The van der Waals surface area contributed by atoms with Gasteiger partial charge >= 0.3 is 0 Å². The Bertz CT molecular complexity index is 267. The number of carbonyl (C=O) groups excluding carboxylic acids is 1. The van der Waals surface area contributed by atoms with Gasteiger partial charge in [0.05, 0.1) is 6.10 Å². The zero-order chi connectivity index (χ0) is 12.8. The first-order valence-corrected chi connectivity index (χ1v) is 8.50. The summed E-state index contributed by atoms with van der Waals surface area (Å²) in [5.74, 6) is 0.0775. The van der Waals surface area contributed by atoms with E-state index in [-0.39, 0.29) is 12.5 Å². The lowest BCUT2D eigenvalue weighted by Crippen LogP contribution is -2.41. The minimum absolute atomic E-state index is 0.0775. The summed E-state index contributed by atoms with van der Waals surface area (Å²) >= 11 is 1.93. The molecule has 0 saturated heterocycles. The van der Waals surface area contributed by atoms with Gasteiger partial charge in [-0.25, -0.2) is 0 Å². The van der Waals surface area contributed by atoms with Crippen LogP contribution in [0.25, 0.3) is 0 Å². The molecule has 3 nitrogen and oxygen atoms in total. The number of thioether (sulfide) groups is 1. The van der Waals surface area contributed by atoms with Gasteiger partial charge in [-0.15, -0.1) is 0 Å². The van der Waals surface area contributed by atoms with Gasteiger partial charge in [0.15, 0.2) is 0 Å². The molecule has 0 aliphatic heterocycles. The Morgan fingerprint density at radius 3 is 2.72 bits per heavy atom. The fourth-order valence-corrected chi connectivity index (χ4v) is 3.84. The molecular weight excluding hydrogens is 246 g/mol. The van der Waals surface area contributed by atoms with Crippen LogP contribution in [0.4, 0.5) is 0 Å². The average molecular weight is 271 g/mol. The number of hydrogen-bond acceptors (Lipinski definition) is 3. The average Bonchev–Trinajstić information content (AvgIpc) is 2.90. The number of ether oxygens (including phenoxy) is 1. The van der Waals surface area contributed by atoms with Crippen LogP contribution in [-0.4, -0.2) is 36.2 Å². The predicted molar refractivity (Wildman–Crippen MR) is 75.9 cm³/mol. The summed E-state index contributed by atoms with van der Waals surface area (Å²) in [4.78, 5) is 11.8. The maximum absolute atomic E-state index is 11.8. The van der Waals surface area contributed by atoms with E-state index in [0.29, 0.717) is 12.1 Å². The Hall–Kier alpha value is -0.220. The normalized spacial score (nSPS) is 29.4. The van der Waals surface area contributed by atoms with Gasteiger partial charge in [0.25, 0.3) is 0 Å². The molecule has 1 N–H and O–H groups in total. The molecule has 0 aromatic heterocycles. The first kappa shape index (κ1) is 14.2. The van der Waals surface area contributed by atoms with E-state index in [1.165, 1.54) is 25.7 Å². The van der Waals surface area contributed by atoms with Crippen molar-refractivity contribution >= 4 is 17.7 Å². The molecule has 4 heteroatoms. The summed E-state index contributed by atoms with van der Waals surface area (Å²) in [6, 6.07) is 0.371. The lowest BCUT2D eigenvalue weighted by molar-refractivity contribution is -0.128. The van der Waals surface area contributed by atoms with Crippen LogP contribution in [0, 0.1) is 0 Å². The third-order valence-electron chi connectivity index (χ3n) is 4.08. The quantitative estimate of drug-likeness (QED) is 0.835. The van der Waals surface area contributed by atoms with Crippen molar-refractivity contribution < 1.29 is 9.53 Å². The second kappa shape index (κ2) is 7.39. The standard InChI is InChI=1S/C14H25NO2S/c1-18-13-8-4-5-11(9-13)15-14(16)10-17-12-6-2-3-7-12/h11-13H,2-10H2,1H3,(H,15,16)/t11-,13-/m1/s1. The second-order valence-electron chi connectivity index (χ2n) is 5.51. The van der Waals surface area contributed by atoms with Crippen LogP contribution in [0.1, 0.15) is 51.4 Å². The lowest BCUT2D eigenvalue weighted by atomic mass is 9.95. The number of hydrogen-bond donors (Lipinski definition) is 1. The molecule has 2 aliphatic carbocycles. The summed E-state index contributed by atoms with van der Waals surface area (Å²) < 4.78 is 5.64. The molecule has 0 bridgehead atoms. The summed E-state index contributed by atoms with van der Waals surface area (Å²) in [5, 5.41) is 3.85. The minimum atomic E-state index is 0.0775. The molecule has 0 aromatic rings. The molecule has 2 saturated carbocycles. The molecule has 2 rings (SSSR count). The Labute approximate surface area is 114 Å². The number of nitrogens with one attached hydrogen (secondary N) is 1. The first-order chi connectivity index (χ1) is 8.78. The van der Waals surface area contributed by atoms with E-state index in [0.717, 1.165) is 30.9 Å². The summed E-state index contributed by atoms with van der Waals surface area (Å²) in [6.07, 6.45) is 12.1. The van der Waals surface area contributed by atoms with Crippen molar-refractivity contribution in [2.24, 2.45) is 0 Å². The Balaban J connectivity index is 1.63. The van der Waals surface area contributed by atoms with Gasteiger partial charge in [-0.05, 0) is 38.4 Å². The van der Waals surface area contributed by atoms with Crippen molar-refractivity contribution in [1.29, 1.82) is 0 Å². The number of rotatable bonds is 5. The van der Waals surface area contributed by atoms with E-state index < -0.39 is 0 Å². The van der Waals surface area contributed by atoms with Gasteiger partial charge in [0.1, 0.15) is 6.61 Å². The van der Waals surface area contributed by atoms with Gasteiger partial charge in [0, 0.05) is 11.3 Å². The van der Waals surface area contributed by atoms with Gasteiger partial charge in [0.2, 0.25) is 5.91 Å². The van der Waals surface area contributed by atoms with Crippen molar-refractivity contribution in [2.45, 2.75) is 68.8 Å². The van der Waals surface area contributed by atoms with Crippen LogP contribution in [0.3, 0.4) is 0 Å². The molecule has 0 aromatic carbocycles. The van der Waals surface area contributed by atoms with Crippen molar-refractivity contribution in [3.8, 4) is 0 Å². The smallest absolute Gasteiger partial charge is 0.246 e. The van der Waals surface area contributed by atoms with Crippen molar-refractivity contribution in [3.63, 3.8) is 0 Å². The van der Waals surface area contributed by atoms with E-state index in [9.17, 15) is 4.79 Å². The highest BCUT2D eigenvalue weighted by Gasteiger charge is 2.23. The second-order valence-corrected chi connectivity index (χ2v) is 6.64. The van der Waals surface area contributed by atoms with Crippen molar-refractivity contribution in [2.75, 3.05) is 12.9 Å². The minimum Gasteiger partial charge on any atom is -0.368 e. The molecule has 104 valence electrons. The zero-order valence-electron chi connectivity index (χ0n) is 11.3. The molecule has 1 amide bonds. The molecule has 0 radical (unpaired) electrons. The van der Waals surface area contributed by atoms with Crippen LogP contribution < -0.4 is 5.32 Å². The van der Waals surface area contributed by atoms with Crippen molar-refractivity contribution in [3.05, 3.63) is 0 Å². The zero-order valence-corrected chi connectivity index (χ0v) is 12.1. The summed E-state index contributed by atoms with van der Waals surface area (Å²) in [6.45, 7) is 0.255. The van der Waals surface area contributed by atoms with Crippen LogP contribution in [0.5, 0.6) is 0 Å². The SMILES string of the molecule is CS[C@@H]1CCC[C@@H](NC(=O)COC2CCCC2)C1. The van der Waals surface area contributed by atoms with Crippen LogP contribution in [0.15, 0.2) is 0 Å². The van der Waals surface area contributed by atoms with Gasteiger partial charge in [-0.1, -0.05) is 19.3 Å². The Morgan fingerprint density at radius 2 is 2.00 bits per heavy atom. The number of amides is 1. The fraction of sp³-hybridized carbons (Fsp3) is 0.929. The van der Waals surface area contributed by atoms with Crippen LogP contribution in [-0.2, 0) is 9.53 Å². The topological polar surface area (TPSA) is 38.3 Å². The maximum Gasteiger partial charge on any atom is 0.246 e. The van der Waals surface area contributed by atoms with E-state index in [2.05, 4.69) is 11.6 Å². The molecule has 0 heterocycles. The highest BCUT2D eigenvalue weighted by atomic mass is 32.2. The molecular formula is C14H25NO2S. The fourth-order valence-electron chi connectivity index (χ4n) is 3.01.